The first kappa shape index (κ1) is 19.5. The average molecular weight is 428 g/mol. The predicted molar refractivity (Wildman–Crippen MR) is 115 cm³/mol. The highest BCUT2D eigenvalue weighted by atomic mass is 35.5. The van der Waals surface area contributed by atoms with E-state index in [0.717, 1.165) is 22.4 Å². The van der Waals surface area contributed by atoms with Gasteiger partial charge in [-0.05, 0) is 55.7 Å². The van der Waals surface area contributed by atoms with E-state index < -0.39 is 6.04 Å². The quantitative estimate of drug-likeness (QED) is 0.607. The first-order valence-corrected chi connectivity index (χ1v) is 9.82. The summed E-state index contributed by atoms with van der Waals surface area (Å²) in [6.45, 7) is 5.84. The van der Waals surface area contributed by atoms with Gasteiger partial charge in [0.2, 0.25) is 5.95 Å². The maximum absolute atomic E-state index is 13.4. The van der Waals surface area contributed by atoms with Crippen LogP contribution in [-0.2, 0) is 4.79 Å². The van der Waals surface area contributed by atoms with Crippen molar-refractivity contribution in [2.75, 3.05) is 10.6 Å². The molecular weight excluding hydrogens is 409 g/mol. The normalized spacial score (nSPS) is 15.7. The summed E-state index contributed by atoms with van der Waals surface area (Å²) >= 11 is 12.4. The first-order chi connectivity index (χ1) is 13.9. The highest BCUT2D eigenvalue weighted by Gasteiger charge is 2.33. The molecule has 29 heavy (non-hydrogen) atoms. The molecule has 4 rings (SSSR count). The van der Waals surface area contributed by atoms with Crippen molar-refractivity contribution in [1.82, 2.24) is 14.8 Å². The molecule has 1 aromatic heterocycles. The number of hydrogen-bond acceptors (Lipinski definition) is 4. The van der Waals surface area contributed by atoms with Gasteiger partial charge in [0.05, 0.1) is 15.6 Å². The molecule has 1 aliphatic heterocycles. The topological polar surface area (TPSA) is 71.8 Å². The van der Waals surface area contributed by atoms with Gasteiger partial charge in [0.25, 0.3) is 5.91 Å². The zero-order chi connectivity index (χ0) is 20.7. The molecule has 148 valence electrons. The Morgan fingerprint density at radius 1 is 1.14 bits per heavy atom. The number of carbonyl (C=O) groups excluding carboxylic acids is 1. The van der Waals surface area contributed by atoms with Crippen LogP contribution in [0.25, 0.3) is 0 Å². The second-order valence-electron chi connectivity index (χ2n) is 6.97. The van der Waals surface area contributed by atoms with E-state index in [-0.39, 0.29) is 5.91 Å². The van der Waals surface area contributed by atoms with Crippen LogP contribution in [-0.4, -0.2) is 20.7 Å². The molecule has 1 amide bonds. The molecule has 1 atom stereocenters. The number of carbonyl (C=O) groups is 1. The Morgan fingerprint density at radius 3 is 2.69 bits per heavy atom. The maximum Gasteiger partial charge on any atom is 0.255 e. The fourth-order valence-corrected chi connectivity index (χ4v) is 3.76. The lowest BCUT2D eigenvalue weighted by atomic mass is 9.95. The van der Waals surface area contributed by atoms with Crippen molar-refractivity contribution in [1.29, 1.82) is 0 Å². The summed E-state index contributed by atoms with van der Waals surface area (Å²) < 4.78 is 1.67. The van der Waals surface area contributed by atoms with E-state index in [1.807, 2.05) is 45.0 Å². The fourth-order valence-electron chi connectivity index (χ4n) is 3.45. The lowest BCUT2D eigenvalue weighted by Gasteiger charge is -2.29. The van der Waals surface area contributed by atoms with Crippen molar-refractivity contribution in [2.24, 2.45) is 0 Å². The molecule has 2 N–H and O–H groups in total. The summed E-state index contributed by atoms with van der Waals surface area (Å²) in [5.74, 6) is 0.336. The highest BCUT2D eigenvalue weighted by Crippen LogP contribution is 2.37. The molecule has 6 nitrogen and oxygen atoms in total. The lowest BCUT2D eigenvalue weighted by molar-refractivity contribution is -0.113. The first-order valence-electron chi connectivity index (χ1n) is 9.06. The van der Waals surface area contributed by atoms with E-state index in [9.17, 15) is 4.79 Å². The van der Waals surface area contributed by atoms with E-state index in [4.69, 9.17) is 23.2 Å². The summed E-state index contributed by atoms with van der Waals surface area (Å²) in [6, 6.07) is 10.6. The van der Waals surface area contributed by atoms with E-state index in [1.54, 1.807) is 16.8 Å². The van der Waals surface area contributed by atoms with E-state index in [1.165, 1.54) is 6.33 Å². The van der Waals surface area contributed by atoms with Gasteiger partial charge in [-0.25, -0.2) is 4.68 Å². The molecule has 2 aromatic carbocycles. The molecular formula is C21H19Cl2N5O. The SMILES string of the molecule is CC1=C(C(=O)Nc2cccc(C)c2C)C(c2ccc(Cl)c(Cl)c2)n2ncnc2N1. The summed E-state index contributed by atoms with van der Waals surface area (Å²) in [7, 11) is 0. The number of amides is 1. The number of rotatable bonds is 3. The van der Waals surface area contributed by atoms with Gasteiger partial charge in [0, 0.05) is 11.4 Å². The number of nitrogens with zero attached hydrogens (tertiary/aromatic N) is 3. The molecule has 0 fully saturated rings. The van der Waals surface area contributed by atoms with Gasteiger partial charge in [0.15, 0.2) is 0 Å². The second-order valence-corrected chi connectivity index (χ2v) is 7.78. The van der Waals surface area contributed by atoms with Crippen molar-refractivity contribution < 1.29 is 4.79 Å². The number of benzene rings is 2. The molecule has 0 saturated carbocycles. The molecule has 1 aliphatic rings. The summed E-state index contributed by atoms with van der Waals surface area (Å²) in [5, 5.41) is 11.4. The minimum Gasteiger partial charge on any atom is -0.328 e. The number of anilines is 2. The van der Waals surface area contributed by atoms with Gasteiger partial charge >= 0.3 is 0 Å². The van der Waals surface area contributed by atoms with Crippen molar-refractivity contribution in [3.05, 3.63) is 80.7 Å². The Morgan fingerprint density at radius 2 is 1.93 bits per heavy atom. The number of allylic oxidation sites excluding steroid dienone is 1. The largest absolute Gasteiger partial charge is 0.328 e. The Kier molecular flexibility index (Phi) is 5.06. The van der Waals surface area contributed by atoms with Crippen LogP contribution >= 0.6 is 23.2 Å². The monoisotopic (exact) mass is 427 g/mol. The van der Waals surface area contributed by atoms with Crippen LogP contribution < -0.4 is 10.6 Å². The second kappa shape index (κ2) is 7.54. The molecule has 0 radical (unpaired) electrons. The third-order valence-electron chi connectivity index (χ3n) is 5.15. The van der Waals surface area contributed by atoms with Crippen molar-refractivity contribution in [3.63, 3.8) is 0 Å². The molecule has 0 aliphatic carbocycles. The minimum atomic E-state index is -0.492. The number of nitrogens with one attached hydrogen (secondary N) is 2. The van der Waals surface area contributed by atoms with Crippen molar-refractivity contribution in [3.8, 4) is 0 Å². The number of fused-ring (bicyclic) bond motifs is 1. The summed E-state index contributed by atoms with van der Waals surface area (Å²) in [5.41, 5.74) is 4.92. The molecule has 0 saturated heterocycles. The highest BCUT2D eigenvalue weighted by molar-refractivity contribution is 6.42. The maximum atomic E-state index is 13.4. The van der Waals surface area contributed by atoms with Crippen LogP contribution in [0, 0.1) is 13.8 Å². The van der Waals surface area contributed by atoms with Crippen LogP contribution in [0.3, 0.4) is 0 Å². The summed E-state index contributed by atoms with van der Waals surface area (Å²) in [6.07, 6.45) is 1.45. The van der Waals surface area contributed by atoms with Gasteiger partial charge in [-0.15, -0.1) is 0 Å². The van der Waals surface area contributed by atoms with Crippen molar-refractivity contribution in [2.45, 2.75) is 26.8 Å². The number of aryl methyl sites for hydroxylation is 1. The minimum absolute atomic E-state index is 0.221. The Labute approximate surface area is 178 Å². The summed E-state index contributed by atoms with van der Waals surface area (Å²) in [4.78, 5) is 17.6. The van der Waals surface area contributed by atoms with Gasteiger partial charge < -0.3 is 10.6 Å². The van der Waals surface area contributed by atoms with Gasteiger partial charge in [-0.1, -0.05) is 41.4 Å². The van der Waals surface area contributed by atoms with Gasteiger partial charge in [-0.2, -0.15) is 10.1 Å². The van der Waals surface area contributed by atoms with Crippen molar-refractivity contribution >= 4 is 40.7 Å². The van der Waals surface area contributed by atoms with Gasteiger partial charge in [-0.3, -0.25) is 4.79 Å². The Bertz CT molecular complexity index is 1150. The zero-order valence-electron chi connectivity index (χ0n) is 16.1. The fraction of sp³-hybridized carbons (Fsp3) is 0.190. The molecule has 0 spiro atoms. The third-order valence-corrected chi connectivity index (χ3v) is 5.89. The number of aromatic nitrogens is 3. The average Bonchev–Trinajstić information content (AvgIpc) is 3.14. The Hall–Kier alpha value is -2.83. The molecule has 2 heterocycles. The van der Waals surface area contributed by atoms with Crippen LogP contribution in [0.1, 0.15) is 29.7 Å². The number of halogens is 2. The van der Waals surface area contributed by atoms with Crippen LogP contribution in [0.2, 0.25) is 10.0 Å². The lowest BCUT2D eigenvalue weighted by Crippen LogP contribution is -2.31. The molecule has 0 bridgehead atoms. The van der Waals surface area contributed by atoms with E-state index in [0.29, 0.717) is 27.3 Å². The van der Waals surface area contributed by atoms with Crippen LogP contribution in [0.15, 0.2) is 54.0 Å². The van der Waals surface area contributed by atoms with Crippen LogP contribution in [0.5, 0.6) is 0 Å². The third kappa shape index (κ3) is 3.50. The van der Waals surface area contributed by atoms with Crippen LogP contribution in [0.4, 0.5) is 11.6 Å². The molecule has 3 aromatic rings. The molecule has 1 unspecified atom stereocenters. The Balaban J connectivity index is 1.79. The van der Waals surface area contributed by atoms with E-state index in [2.05, 4.69) is 20.7 Å². The number of hydrogen-bond donors (Lipinski definition) is 2. The molecule has 8 heteroatoms. The van der Waals surface area contributed by atoms with E-state index >= 15 is 0 Å². The predicted octanol–water partition coefficient (Wildman–Crippen LogP) is 5.13. The smallest absolute Gasteiger partial charge is 0.255 e. The standard InChI is InChI=1S/C21H19Cl2N5O/c1-11-5-4-6-17(12(11)2)27-20(29)18-13(3)26-21-24-10-25-28(21)19(18)14-7-8-15(22)16(23)9-14/h4-10,19H,1-3H3,(H,27,29)(H,24,25,26). The van der Waals surface area contributed by atoms with Gasteiger partial charge in [0.1, 0.15) is 12.4 Å². The zero-order valence-corrected chi connectivity index (χ0v) is 17.6.